The number of carbonyl (C=O) groups is 2. The molecule has 0 N–H and O–H groups in total. The van der Waals surface area contributed by atoms with E-state index in [2.05, 4.69) is 0 Å². The van der Waals surface area contributed by atoms with Gasteiger partial charge in [0.1, 0.15) is 0 Å². The lowest BCUT2D eigenvalue weighted by Gasteiger charge is -2.11. The van der Waals surface area contributed by atoms with Gasteiger partial charge in [-0.25, -0.2) is 4.39 Å². The predicted octanol–water partition coefficient (Wildman–Crippen LogP) is 2.64. The summed E-state index contributed by atoms with van der Waals surface area (Å²) in [6.45, 7) is 3.00. The van der Waals surface area contributed by atoms with Gasteiger partial charge in [0.05, 0.1) is 9.85 Å². The highest BCUT2D eigenvalue weighted by atomic mass is 19.1. The molecule has 0 aromatic heterocycles. The maximum atomic E-state index is 14.1. The van der Waals surface area contributed by atoms with Gasteiger partial charge in [-0.05, 0) is 12.5 Å². The fourth-order valence-electron chi connectivity index (χ4n) is 1.79. The molecule has 8 nitrogen and oxygen atoms in total. The zero-order valence-corrected chi connectivity index (χ0v) is 11.8. The number of rotatable bonds is 7. The lowest BCUT2D eigenvalue weighted by molar-refractivity contribution is -0.394. The van der Waals surface area contributed by atoms with Crippen molar-refractivity contribution in [3.05, 3.63) is 44.0 Å². The Hall–Kier alpha value is -2.71. The van der Waals surface area contributed by atoms with E-state index in [1.54, 1.807) is 6.92 Å². The molecule has 0 spiro atoms. The van der Waals surface area contributed by atoms with Crippen LogP contribution in [0.3, 0.4) is 0 Å². The molecular weight excluding hydrogens is 299 g/mol. The van der Waals surface area contributed by atoms with Crippen LogP contribution in [0.15, 0.2) is 18.2 Å². The van der Waals surface area contributed by atoms with Gasteiger partial charge in [0.2, 0.25) is 12.0 Å². The first-order chi connectivity index (χ1) is 10.2. The molecule has 0 fully saturated rings. The number of hydrogen-bond acceptors (Lipinski definition) is 6. The van der Waals surface area contributed by atoms with E-state index < -0.39 is 50.4 Å². The fraction of sp³-hybridized carbons (Fsp3) is 0.385. The molecule has 0 aliphatic rings. The third-order valence-corrected chi connectivity index (χ3v) is 3.24. The van der Waals surface area contributed by atoms with Gasteiger partial charge in [-0.1, -0.05) is 13.8 Å². The third kappa shape index (κ3) is 3.30. The van der Waals surface area contributed by atoms with Gasteiger partial charge in [0.15, 0.2) is 11.3 Å². The molecule has 0 saturated carbocycles. The van der Waals surface area contributed by atoms with Gasteiger partial charge in [-0.2, -0.15) is 0 Å². The van der Waals surface area contributed by atoms with Crippen LogP contribution in [-0.2, 0) is 4.79 Å². The standard InChI is InChI=1S/C13H13FN2O6/c1-3-7(2)12(17)11(14)13(18)10-8(15(19)20)5-4-6-9(10)16(21)22/h4-7,11H,3H2,1-2H3. The number of nitro groups is 2. The summed E-state index contributed by atoms with van der Waals surface area (Å²) in [6, 6.07) is 2.71. The molecule has 9 heteroatoms. The van der Waals surface area contributed by atoms with E-state index in [1.807, 2.05) is 0 Å². The van der Waals surface area contributed by atoms with Gasteiger partial charge in [0.25, 0.3) is 11.4 Å². The average Bonchev–Trinajstić information content (AvgIpc) is 2.50. The zero-order valence-electron chi connectivity index (χ0n) is 11.8. The first-order valence-corrected chi connectivity index (χ1v) is 6.36. The number of ketones is 2. The van der Waals surface area contributed by atoms with Crippen molar-refractivity contribution in [3.8, 4) is 0 Å². The first-order valence-electron chi connectivity index (χ1n) is 6.36. The summed E-state index contributed by atoms with van der Waals surface area (Å²) in [6.07, 6.45) is -2.40. The zero-order chi connectivity index (χ0) is 17.0. The molecule has 0 aliphatic carbocycles. The van der Waals surface area contributed by atoms with Crippen LogP contribution >= 0.6 is 0 Å². The SMILES string of the molecule is CCC(C)C(=O)C(F)C(=O)c1c([N+](=O)[O-])cccc1[N+](=O)[O-]. The summed E-state index contributed by atoms with van der Waals surface area (Å²) in [5.41, 5.74) is -2.81. The summed E-state index contributed by atoms with van der Waals surface area (Å²) >= 11 is 0. The Morgan fingerprint density at radius 1 is 1.18 bits per heavy atom. The van der Waals surface area contributed by atoms with E-state index in [4.69, 9.17) is 0 Å². The van der Waals surface area contributed by atoms with Crippen molar-refractivity contribution >= 4 is 22.9 Å². The van der Waals surface area contributed by atoms with Crippen molar-refractivity contribution in [2.24, 2.45) is 5.92 Å². The van der Waals surface area contributed by atoms with Gasteiger partial charge >= 0.3 is 0 Å². The lowest BCUT2D eigenvalue weighted by Crippen LogP contribution is -2.31. The Labute approximate surface area is 124 Å². The molecule has 2 unspecified atom stereocenters. The Kier molecular flexibility index (Phi) is 5.39. The van der Waals surface area contributed by atoms with Crippen molar-refractivity contribution < 1.29 is 23.8 Å². The molecule has 118 valence electrons. The topological polar surface area (TPSA) is 120 Å². The average molecular weight is 312 g/mol. The summed E-state index contributed by atoms with van der Waals surface area (Å²) < 4.78 is 14.1. The van der Waals surface area contributed by atoms with Crippen molar-refractivity contribution in [2.75, 3.05) is 0 Å². The van der Waals surface area contributed by atoms with Crippen LogP contribution in [0, 0.1) is 26.1 Å². The van der Waals surface area contributed by atoms with Gasteiger partial charge < -0.3 is 0 Å². The fourth-order valence-corrected chi connectivity index (χ4v) is 1.79. The van der Waals surface area contributed by atoms with Crippen molar-refractivity contribution in [3.63, 3.8) is 0 Å². The second kappa shape index (κ2) is 6.83. The molecule has 0 saturated heterocycles. The van der Waals surface area contributed by atoms with Crippen LogP contribution in [-0.4, -0.2) is 27.6 Å². The molecule has 0 aliphatic heterocycles. The largest absolute Gasteiger partial charge is 0.296 e. The number of Topliss-reactive ketones (excluding diaryl/α,β-unsaturated/α-hetero) is 2. The van der Waals surface area contributed by atoms with Crippen LogP contribution in [0.25, 0.3) is 0 Å². The molecular formula is C13H13FN2O6. The smallest absolute Gasteiger partial charge is 0.287 e. The summed E-state index contributed by atoms with van der Waals surface area (Å²) in [5, 5.41) is 21.8. The maximum Gasteiger partial charge on any atom is 0.287 e. The van der Waals surface area contributed by atoms with Crippen LogP contribution < -0.4 is 0 Å². The molecule has 2 atom stereocenters. The summed E-state index contributed by atoms with van der Waals surface area (Å²) in [4.78, 5) is 43.5. The molecule has 0 radical (unpaired) electrons. The van der Waals surface area contributed by atoms with E-state index in [-0.39, 0.29) is 6.42 Å². The second-order valence-corrected chi connectivity index (χ2v) is 4.62. The minimum atomic E-state index is -2.67. The quantitative estimate of drug-likeness (QED) is 0.330. The van der Waals surface area contributed by atoms with E-state index >= 15 is 0 Å². The van der Waals surface area contributed by atoms with Gasteiger partial charge in [0, 0.05) is 18.1 Å². The third-order valence-electron chi connectivity index (χ3n) is 3.24. The summed E-state index contributed by atoms with van der Waals surface area (Å²) in [5.74, 6) is -3.40. The Morgan fingerprint density at radius 3 is 2.00 bits per heavy atom. The number of hydrogen-bond donors (Lipinski definition) is 0. The van der Waals surface area contributed by atoms with Crippen molar-refractivity contribution in [2.45, 2.75) is 26.4 Å². The Balaban J connectivity index is 3.41. The highest BCUT2D eigenvalue weighted by Gasteiger charge is 2.38. The second-order valence-electron chi connectivity index (χ2n) is 4.62. The summed E-state index contributed by atoms with van der Waals surface area (Å²) in [7, 11) is 0. The molecule has 0 amide bonds. The Morgan fingerprint density at radius 2 is 1.64 bits per heavy atom. The Bertz CT molecular complexity index is 613. The van der Waals surface area contributed by atoms with E-state index in [9.17, 15) is 34.2 Å². The highest BCUT2D eigenvalue weighted by molar-refractivity contribution is 6.17. The number of alkyl halides is 1. The van der Waals surface area contributed by atoms with Gasteiger partial charge in [-0.3, -0.25) is 29.8 Å². The monoisotopic (exact) mass is 312 g/mol. The number of carbonyl (C=O) groups excluding carboxylic acids is 2. The maximum absolute atomic E-state index is 14.1. The normalized spacial score (nSPS) is 13.2. The molecule has 1 aromatic carbocycles. The molecule has 0 bridgehead atoms. The molecule has 22 heavy (non-hydrogen) atoms. The number of nitrogens with zero attached hydrogens (tertiary/aromatic N) is 2. The van der Waals surface area contributed by atoms with Crippen LogP contribution in [0.5, 0.6) is 0 Å². The molecule has 1 rings (SSSR count). The van der Waals surface area contributed by atoms with Crippen molar-refractivity contribution in [1.82, 2.24) is 0 Å². The van der Waals surface area contributed by atoms with Crippen LogP contribution in [0.1, 0.15) is 30.6 Å². The van der Waals surface area contributed by atoms with Gasteiger partial charge in [-0.15, -0.1) is 0 Å². The van der Waals surface area contributed by atoms with Crippen molar-refractivity contribution in [1.29, 1.82) is 0 Å². The van der Waals surface area contributed by atoms with E-state index in [0.29, 0.717) is 0 Å². The number of halogens is 1. The van der Waals surface area contributed by atoms with E-state index in [0.717, 1.165) is 18.2 Å². The highest BCUT2D eigenvalue weighted by Crippen LogP contribution is 2.30. The first kappa shape index (κ1) is 17.3. The minimum Gasteiger partial charge on any atom is -0.296 e. The molecule has 0 heterocycles. The van der Waals surface area contributed by atoms with Crippen LogP contribution in [0.2, 0.25) is 0 Å². The number of nitro benzene ring substituents is 2. The lowest BCUT2D eigenvalue weighted by atomic mass is 9.94. The van der Waals surface area contributed by atoms with E-state index in [1.165, 1.54) is 6.92 Å². The van der Waals surface area contributed by atoms with Crippen LogP contribution in [0.4, 0.5) is 15.8 Å². The molecule has 1 aromatic rings. The minimum absolute atomic E-state index is 0.269. The predicted molar refractivity (Wildman–Crippen MR) is 73.4 cm³/mol. The number of benzene rings is 1.